The van der Waals surface area contributed by atoms with Crippen LogP contribution in [0.15, 0.2) is 47.3 Å². The van der Waals surface area contributed by atoms with Crippen molar-refractivity contribution >= 4 is 33.4 Å². The molecule has 6 heteroatoms. The molecule has 0 saturated carbocycles. The summed E-state index contributed by atoms with van der Waals surface area (Å²) in [7, 11) is 1.56. The monoisotopic (exact) mass is 324 g/mol. The van der Waals surface area contributed by atoms with Crippen molar-refractivity contribution in [2.45, 2.75) is 0 Å². The zero-order valence-corrected chi connectivity index (χ0v) is 13.0. The number of imidazole rings is 1. The van der Waals surface area contributed by atoms with Gasteiger partial charge in [0.1, 0.15) is 11.5 Å². The zero-order chi connectivity index (χ0) is 16.0. The number of phenols is 1. The van der Waals surface area contributed by atoms with Gasteiger partial charge in [0.05, 0.1) is 22.7 Å². The molecule has 23 heavy (non-hydrogen) atoms. The SMILES string of the molecule is COc1ccc(O)c(/C=c2\sc3nc4ccccc4n3c2=O)c1. The maximum Gasteiger partial charge on any atom is 0.274 e. The normalized spacial score (nSPS) is 12.3. The van der Waals surface area contributed by atoms with Crippen molar-refractivity contribution in [1.82, 2.24) is 9.38 Å². The minimum absolute atomic E-state index is 0.0982. The number of methoxy groups -OCH3 is 1. The van der Waals surface area contributed by atoms with E-state index in [0.29, 0.717) is 20.8 Å². The molecule has 4 rings (SSSR count). The predicted molar refractivity (Wildman–Crippen MR) is 90.3 cm³/mol. The molecule has 2 aromatic heterocycles. The van der Waals surface area contributed by atoms with Crippen molar-refractivity contribution in [3.8, 4) is 11.5 Å². The van der Waals surface area contributed by atoms with E-state index < -0.39 is 0 Å². The molecule has 0 amide bonds. The fraction of sp³-hybridized carbons (Fsp3) is 0.0588. The third-order valence-corrected chi connectivity index (χ3v) is 4.64. The summed E-state index contributed by atoms with van der Waals surface area (Å²) in [5.41, 5.74) is 1.99. The van der Waals surface area contributed by atoms with E-state index in [1.54, 1.807) is 35.8 Å². The van der Waals surface area contributed by atoms with Gasteiger partial charge in [-0.1, -0.05) is 23.5 Å². The van der Waals surface area contributed by atoms with Gasteiger partial charge in [0.25, 0.3) is 5.56 Å². The second kappa shape index (κ2) is 5.10. The lowest BCUT2D eigenvalue weighted by atomic mass is 10.2. The molecule has 2 heterocycles. The highest BCUT2D eigenvalue weighted by Crippen LogP contribution is 2.23. The Balaban J connectivity index is 1.99. The van der Waals surface area contributed by atoms with Crippen LogP contribution in [-0.4, -0.2) is 21.6 Å². The maximum atomic E-state index is 12.7. The van der Waals surface area contributed by atoms with Crippen LogP contribution in [0.25, 0.3) is 22.1 Å². The van der Waals surface area contributed by atoms with E-state index in [2.05, 4.69) is 4.98 Å². The highest BCUT2D eigenvalue weighted by molar-refractivity contribution is 7.15. The predicted octanol–water partition coefficient (Wildman–Crippen LogP) is 2.17. The van der Waals surface area contributed by atoms with E-state index in [1.165, 1.54) is 11.3 Å². The van der Waals surface area contributed by atoms with Gasteiger partial charge in [-0.15, -0.1) is 0 Å². The summed E-state index contributed by atoms with van der Waals surface area (Å²) in [6.07, 6.45) is 1.66. The van der Waals surface area contributed by atoms with E-state index in [0.717, 1.165) is 11.0 Å². The molecule has 0 aliphatic carbocycles. The average Bonchev–Trinajstić information content (AvgIpc) is 3.06. The van der Waals surface area contributed by atoms with Crippen LogP contribution in [0.1, 0.15) is 5.56 Å². The molecule has 0 spiro atoms. The first-order valence-electron chi connectivity index (χ1n) is 6.96. The number of ether oxygens (including phenoxy) is 1. The van der Waals surface area contributed by atoms with Crippen molar-refractivity contribution in [1.29, 1.82) is 0 Å². The number of aromatic hydroxyl groups is 1. The summed E-state index contributed by atoms with van der Waals surface area (Å²) in [4.78, 5) is 17.8. The third kappa shape index (κ3) is 2.15. The summed E-state index contributed by atoms with van der Waals surface area (Å²) in [5, 5.41) is 9.97. The van der Waals surface area contributed by atoms with Crippen LogP contribution in [0.4, 0.5) is 0 Å². The third-order valence-electron chi connectivity index (χ3n) is 3.67. The van der Waals surface area contributed by atoms with Crippen LogP contribution in [0.3, 0.4) is 0 Å². The Bertz CT molecular complexity index is 1140. The van der Waals surface area contributed by atoms with Crippen LogP contribution in [0.2, 0.25) is 0 Å². The summed E-state index contributed by atoms with van der Waals surface area (Å²) in [6.45, 7) is 0. The van der Waals surface area contributed by atoms with Crippen molar-refractivity contribution in [2.75, 3.05) is 7.11 Å². The fourth-order valence-corrected chi connectivity index (χ4v) is 3.51. The number of hydrogen-bond acceptors (Lipinski definition) is 5. The molecule has 0 radical (unpaired) electrons. The first-order chi connectivity index (χ1) is 11.2. The number of fused-ring (bicyclic) bond motifs is 3. The molecular formula is C17H12N2O3S. The number of phenolic OH excluding ortho intramolecular Hbond substituents is 1. The van der Waals surface area contributed by atoms with Crippen LogP contribution in [-0.2, 0) is 0 Å². The molecule has 4 aromatic rings. The number of nitrogens with zero attached hydrogens (tertiary/aromatic N) is 2. The van der Waals surface area contributed by atoms with Gasteiger partial charge in [-0.25, -0.2) is 9.38 Å². The molecule has 2 aromatic carbocycles. The molecular weight excluding hydrogens is 312 g/mol. The first kappa shape index (κ1) is 13.8. The number of para-hydroxylation sites is 2. The van der Waals surface area contributed by atoms with Gasteiger partial charge < -0.3 is 9.84 Å². The number of hydrogen-bond donors (Lipinski definition) is 1. The standard InChI is InChI=1S/C17H12N2O3S/c1-22-11-6-7-14(20)10(8-11)9-15-16(21)19-13-5-3-2-4-12(13)18-17(19)23-15/h2-9,20H,1H3/b15-9-. The van der Waals surface area contributed by atoms with Gasteiger partial charge in [-0.05, 0) is 36.4 Å². The molecule has 0 bridgehead atoms. The van der Waals surface area contributed by atoms with E-state index >= 15 is 0 Å². The minimum atomic E-state index is -0.138. The summed E-state index contributed by atoms with van der Waals surface area (Å²) in [6, 6.07) is 12.4. The van der Waals surface area contributed by atoms with Gasteiger partial charge in [-0.3, -0.25) is 4.79 Å². The van der Waals surface area contributed by atoms with Crippen molar-refractivity contribution in [2.24, 2.45) is 0 Å². The molecule has 0 atom stereocenters. The summed E-state index contributed by atoms with van der Waals surface area (Å²) < 4.78 is 7.27. The van der Waals surface area contributed by atoms with E-state index in [1.807, 2.05) is 24.3 Å². The number of benzene rings is 2. The molecule has 5 nitrogen and oxygen atoms in total. The average molecular weight is 324 g/mol. The lowest BCUT2D eigenvalue weighted by Gasteiger charge is -2.02. The van der Waals surface area contributed by atoms with Crippen molar-refractivity contribution in [3.05, 3.63) is 62.9 Å². The number of rotatable bonds is 2. The Labute approximate surface area is 134 Å². The van der Waals surface area contributed by atoms with E-state index in [4.69, 9.17) is 4.74 Å². The highest BCUT2D eigenvalue weighted by atomic mass is 32.1. The van der Waals surface area contributed by atoms with Gasteiger partial charge in [-0.2, -0.15) is 0 Å². The van der Waals surface area contributed by atoms with Crippen LogP contribution in [0.5, 0.6) is 11.5 Å². The molecule has 0 unspecified atom stereocenters. The van der Waals surface area contributed by atoms with Crippen LogP contribution in [0, 0.1) is 0 Å². The Morgan fingerprint density at radius 2 is 2.09 bits per heavy atom. The fourth-order valence-electron chi connectivity index (χ4n) is 2.53. The Hall–Kier alpha value is -2.86. The number of aromatic nitrogens is 2. The Morgan fingerprint density at radius 3 is 2.91 bits per heavy atom. The Morgan fingerprint density at radius 1 is 1.26 bits per heavy atom. The van der Waals surface area contributed by atoms with Gasteiger partial charge in [0.2, 0.25) is 0 Å². The van der Waals surface area contributed by atoms with Gasteiger partial charge in [0, 0.05) is 5.56 Å². The molecule has 0 fully saturated rings. The second-order valence-electron chi connectivity index (χ2n) is 5.06. The highest BCUT2D eigenvalue weighted by Gasteiger charge is 2.11. The van der Waals surface area contributed by atoms with Gasteiger partial charge >= 0.3 is 0 Å². The van der Waals surface area contributed by atoms with E-state index in [-0.39, 0.29) is 11.3 Å². The molecule has 0 aliphatic heterocycles. The second-order valence-corrected chi connectivity index (χ2v) is 6.07. The largest absolute Gasteiger partial charge is 0.507 e. The quantitative estimate of drug-likeness (QED) is 0.614. The molecule has 0 saturated heterocycles. The number of thiazole rings is 1. The summed E-state index contributed by atoms with van der Waals surface area (Å²) in [5.74, 6) is 0.717. The van der Waals surface area contributed by atoms with Crippen molar-refractivity contribution in [3.63, 3.8) is 0 Å². The van der Waals surface area contributed by atoms with Crippen LogP contribution < -0.4 is 14.8 Å². The summed E-state index contributed by atoms with van der Waals surface area (Å²) >= 11 is 1.30. The lowest BCUT2D eigenvalue weighted by molar-refractivity contribution is 0.412. The molecule has 114 valence electrons. The van der Waals surface area contributed by atoms with Crippen LogP contribution >= 0.6 is 11.3 Å². The van der Waals surface area contributed by atoms with Crippen molar-refractivity contribution < 1.29 is 9.84 Å². The first-order valence-corrected chi connectivity index (χ1v) is 7.78. The van der Waals surface area contributed by atoms with E-state index in [9.17, 15) is 9.90 Å². The smallest absolute Gasteiger partial charge is 0.274 e. The minimum Gasteiger partial charge on any atom is -0.507 e. The molecule has 1 N–H and O–H groups in total. The van der Waals surface area contributed by atoms with Gasteiger partial charge in [0.15, 0.2) is 4.96 Å². The zero-order valence-electron chi connectivity index (χ0n) is 12.2. The maximum absolute atomic E-state index is 12.7. The Kier molecular flexibility index (Phi) is 3.06. The lowest BCUT2D eigenvalue weighted by Crippen LogP contribution is -2.22. The topological polar surface area (TPSA) is 63.8 Å². The molecule has 0 aliphatic rings.